The van der Waals surface area contributed by atoms with Crippen LogP contribution in [0.25, 0.3) is 0 Å². The van der Waals surface area contributed by atoms with E-state index in [1.165, 1.54) is 24.4 Å². The number of para-hydroxylation sites is 1. The van der Waals surface area contributed by atoms with Gasteiger partial charge in [0.25, 0.3) is 0 Å². The molecule has 0 fully saturated rings. The second-order valence-corrected chi connectivity index (χ2v) is 4.57. The lowest BCUT2D eigenvalue weighted by molar-refractivity contribution is -0.385. The van der Waals surface area contributed by atoms with E-state index < -0.39 is 16.6 Å². The number of benzene rings is 1. The van der Waals surface area contributed by atoms with Crippen LogP contribution in [-0.2, 0) is 0 Å². The summed E-state index contributed by atoms with van der Waals surface area (Å²) in [5.74, 6) is -1.37. The second kappa shape index (κ2) is 5.61. The fraction of sp³-hybridized carbons (Fsp3) is 0.231. The van der Waals surface area contributed by atoms with Gasteiger partial charge in [-0.3, -0.25) is 14.8 Å². The van der Waals surface area contributed by atoms with Crippen molar-refractivity contribution in [1.82, 2.24) is 9.78 Å². The number of aromatic carboxylic acids is 1. The maximum absolute atomic E-state index is 11.2. The zero-order valence-corrected chi connectivity index (χ0v) is 11.4. The van der Waals surface area contributed by atoms with Crippen LogP contribution < -0.4 is 4.74 Å². The van der Waals surface area contributed by atoms with Gasteiger partial charge in [0.05, 0.1) is 17.3 Å². The number of carbonyl (C=O) groups is 1. The molecule has 2 aromatic rings. The third-order valence-corrected chi connectivity index (χ3v) is 2.75. The lowest BCUT2D eigenvalue weighted by Crippen LogP contribution is -2.03. The fourth-order valence-corrected chi connectivity index (χ4v) is 1.72. The van der Waals surface area contributed by atoms with E-state index in [4.69, 9.17) is 9.84 Å². The molecular weight excluding hydrogens is 278 g/mol. The van der Waals surface area contributed by atoms with E-state index in [1.807, 2.05) is 13.8 Å². The standard InChI is InChI=1S/C13H13N3O5/c1-8(2)15-7-9(6-14-15)21-12-10(13(17)18)4-3-5-11(12)16(19)20/h3-8H,1-2H3,(H,17,18). The van der Waals surface area contributed by atoms with Gasteiger partial charge in [0.15, 0.2) is 5.75 Å². The molecule has 8 nitrogen and oxygen atoms in total. The molecule has 0 bridgehead atoms. The molecule has 0 spiro atoms. The molecule has 2 rings (SSSR count). The maximum atomic E-state index is 11.2. The number of nitrogens with zero attached hydrogens (tertiary/aromatic N) is 3. The molecule has 1 N–H and O–H groups in total. The van der Waals surface area contributed by atoms with Crippen LogP contribution in [0.15, 0.2) is 30.6 Å². The largest absolute Gasteiger partial charge is 0.478 e. The van der Waals surface area contributed by atoms with Gasteiger partial charge >= 0.3 is 11.7 Å². The molecule has 0 aliphatic carbocycles. The van der Waals surface area contributed by atoms with Crippen LogP contribution in [0.4, 0.5) is 5.69 Å². The number of rotatable bonds is 5. The van der Waals surface area contributed by atoms with Gasteiger partial charge in [-0.2, -0.15) is 5.10 Å². The van der Waals surface area contributed by atoms with Crippen molar-refractivity contribution in [2.24, 2.45) is 0 Å². The zero-order valence-electron chi connectivity index (χ0n) is 11.4. The highest BCUT2D eigenvalue weighted by Gasteiger charge is 2.24. The van der Waals surface area contributed by atoms with Crippen LogP contribution in [0.3, 0.4) is 0 Å². The van der Waals surface area contributed by atoms with Gasteiger partial charge in [0.1, 0.15) is 5.56 Å². The number of nitro benzene ring substituents is 1. The summed E-state index contributed by atoms with van der Waals surface area (Å²) in [5.41, 5.74) is -0.686. The minimum atomic E-state index is -1.30. The minimum absolute atomic E-state index is 0.0899. The summed E-state index contributed by atoms with van der Waals surface area (Å²) >= 11 is 0. The molecule has 21 heavy (non-hydrogen) atoms. The molecule has 0 radical (unpaired) electrons. The Balaban J connectivity index is 2.45. The summed E-state index contributed by atoms with van der Waals surface area (Å²) in [6.45, 7) is 3.81. The highest BCUT2D eigenvalue weighted by atomic mass is 16.6. The van der Waals surface area contributed by atoms with Crippen molar-refractivity contribution in [3.8, 4) is 11.5 Å². The Bertz CT molecular complexity index is 661. The average Bonchev–Trinajstić information content (AvgIpc) is 2.87. The fourth-order valence-electron chi connectivity index (χ4n) is 1.72. The summed E-state index contributed by atoms with van der Waals surface area (Å²) in [5, 5.41) is 24.2. The van der Waals surface area contributed by atoms with Crippen molar-refractivity contribution >= 4 is 11.7 Å². The number of nitro groups is 1. The molecule has 0 saturated heterocycles. The normalized spacial score (nSPS) is 10.6. The predicted octanol–water partition coefficient (Wildman–Crippen LogP) is 2.86. The summed E-state index contributed by atoms with van der Waals surface area (Å²) in [6, 6.07) is 3.82. The molecule has 0 amide bonds. The van der Waals surface area contributed by atoms with Crippen LogP contribution >= 0.6 is 0 Å². The van der Waals surface area contributed by atoms with Crippen molar-refractivity contribution in [3.05, 3.63) is 46.3 Å². The summed E-state index contributed by atoms with van der Waals surface area (Å²) in [7, 11) is 0. The Morgan fingerprint density at radius 2 is 2.19 bits per heavy atom. The van der Waals surface area contributed by atoms with Crippen molar-refractivity contribution in [2.45, 2.75) is 19.9 Å². The summed E-state index contributed by atoms with van der Waals surface area (Å²) in [4.78, 5) is 21.5. The zero-order chi connectivity index (χ0) is 15.6. The second-order valence-electron chi connectivity index (χ2n) is 4.57. The molecule has 0 aliphatic rings. The Kier molecular flexibility index (Phi) is 3.88. The highest BCUT2D eigenvalue weighted by molar-refractivity contribution is 5.92. The van der Waals surface area contributed by atoms with Crippen LogP contribution in [0.5, 0.6) is 11.5 Å². The van der Waals surface area contributed by atoms with Crippen molar-refractivity contribution < 1.29 is 19.6 Å². The maximum Gasteiger partial charge on any atom is 0.339 e. The van der Waals surface area contributed by atoms with Gasteiger partial charge in [-0.05, 0) is 19.9 Å². The number of hydrogen-bond acceptors (Lipinski definition) is 5. The van der Waals surface area contributed by atoms with Gasteiger partial charge < -0.3 is 9.84 Å². The first kappa shape index (κ1) is 14.5. The number of hydrogen-bond donors (Lipinski definition) is 1. The first-order valence-corrected chi connectivity index (χ1v) is 6.13. The molecule has 0 aliphatic heterocycles. The van der Waals surface area contributed by atoms with Gasteiger partial charge in [0, 0.05) is 12.1 Å². The quantitative estimate of drug-likeness (QED) is 0.670. The average molecular weight is 291 g/mol. The van der Waals surface area contributed by atoms with Crippen LogP contribution in [0.2, 0.25) is 0 Å². The third kappa shape index (κ3) is 2.99. The van der Waals surface area contributed by atoms with E-state index >= 15 is 0 Å². The third-order valence-electron chi connectivity index (χ3n) is 2.75. The van der Waals surface area contributed by atoms with E-state index in [-0.39, 0.29) is 23.1 Å². The minimum Gasteiger partial charge on any atom is -0.478 e. The summed E-state index contributed by atoms with van der Waals surface area (Å²) < 4.78 is 6.99. The smallest absolute Gasteiger partial charge is 0.339 e. The van der Waals surface area contributed by atoms with E-state index in [9.17, 15) is 14.9 Å². The molecular formula is C13H13N3O5. The molecule has 0 atom stereocenters. The molecule has 1 heterocycles. The van der Waals surface area contributed by atoms with Crippen molar-refractivity contribution in [1.29, 1.82) is 0 Å². The van der Waals surface area contributed by atoms with E-state index in [0.717, 1.165) is 0 Å². The van der Waals surface area contributed by atoms with Crippen LogP contribution in [0, 0.1) is 10.1 Å². The Morgan fingerprint density at radius 3 is 2.71 bits per heavy atom. The van der Waals surface area contributed by atoms with E-state index in [2.05, 4.69) is 5.10 Å². The molecule has 1 aromatic carbocycles. The topological polar surface area (TPSA) is 107 Å². The Labute approximate surface area is 119 Å². The van der Waals surface area contributed by atoms with Gasteiger partial charge in [-0.15, -0.1) is 0 Å². The van der Waals surface area contributed by atoms with Crippen LogP contribution in [-0.4, -0.2) is 25.8 Å². The highest BCUT2D eigenvalue weighted by Crippen LogP contribution is 2.34. The Morgan fingerprint density at radius 1 is 1.48 bits per heavy atom. The molecule has 0 saturated carbocycles. The SMILES string of the molecule is CC(C)n1cc(Oc2c(C(=O)O)cccc2[N+](=O)[O-])cn1. The number of aromatic nitrogens is 2. The monoisotopic (exact) mass is 291 g/mol. The van der Waals surface area contributed by atoms with Gasteiger partial charge in [0.2, 0.25) is 5.75 Å². The van der Waals surface area contributed by atoms with Crippen molar-refractivity contribution in [3.63, 3.8) is 0 Å². The number of carboxylic acid groups (broad SMARTS) is 1. The first-order valence-electron chi connectivity index (χ1n) is 6.13. The molecule has 8 heteroatoms. The predicted molar refractivity (Wildman–Crippen MR) is 72.7 cm³/mol. The van der Waals surface area contributed by atoms with Crippen molar-refractivity contribution in [2.75, 3.05) is 0 Å². The lowest BCUT2D eigenvalue weighted by atomic mass is 10.1. The number of ether oxygens (including phenoxy) is 1. The number of carboxylic acids is 1. The lowest BCUT2D eigenvalue weighted by Gasteiger charge is -2.07. The van der Waals surface area contributed by atoms with E-state index in [1.54, 1.807) is 10.9 Å². The Hall–Kier alpha value is -2.90. The first-order chi connectivity index (χ1) is 9.90. The molecule has 0 unspecified atom stereocenters. The summed E-state index contributed by atoms with van der Waals surface area (Å²) in [6.07, 6.45) is 2.93. The van der Waals surface area contributed by atoms with Crippen LogP contribution in [0.1, 0.15) is 30.2 Å². The van der Waals surface area contributed by atoms with Gasteiger partial charge in [-0.25, -0.2) is 4.79 Å². The molecule has 1 aromatic heterocycles. The van der Waals surface area contributed by atoms with E-state index in [0.29, 0.717) is 0 Å². The molecule has 110 valence electrons. The van der Waals surface area contributed by atoms with Gasteiger partial charge in [-0.1, -0.05) is 6.07 Å².